The second-order valence-corrected chi connectivity index (χ2v) is 17.1. The molecule has 290 valence electrons. The lowest BCUT2D eigenvalue weighted by Gasteiger charge is -2.36. The molecule has 2 fully saturated rings. The molecule has 0 aliphatic heterocycles. The van der Waals surface area contributed by atoms with Gasteiger partial charge in [0.1, 0.15) is 23.0 Å². The Balaban J connectivity index is 0.000000177. The summed E-state index contributed by atoms with van der Waals surface area (Å²) in [5.74, 6) is -2.65. The maximum absolute atomic E-state index is 14.8. The van der Waals surface area contributed by atoms with Gasteiger partial charge >= 0.3 is 0 Å². The highest BCUT2D eigenvalue weighted by molar-refractivity contribution is 5.95. The van der Waals surface area contributed by atoms with Crippen molar-refractivity contribution in [2.75, 3.05) is 0 Å². The Morgan fingerprint density at radius 3 is 1.85 bits per heavy atom. The van der Waals surface area contributed by atoms with Crippen LogP contribution in [-0.4, -0.2) is 24.9 Å². The number of rotatable bonds is 6. The van der Waals surface area contributed by atoms with Crippen LogP contribution in [0.5, 0.6) is 0 Å². The number of hydrogen-bond donors (Lipinski definition) is 1. The second-order valence-electron chi connectivity index (χ2n) is 17.1. The van der Waals surface area contributed by atoms with Crippen LogP contribution in [0.25, 0.3) is 11.4 Å². The van der Waals surface area contributed by atoms with Crippen molar-refractivity contribution in [3.05, 3.63) is 139 Å². The van der Waals surface area contributed by atoms with Crippen LogP contribution in [0.4, 0.5) is 17.6 Å². The fraction of sp³-hybridized carbons (Fsp3) is 0.432. The molecular formula is C44H48F4N4O3. The van der Waals surface area contributed by atoms with Crippen LogP contribution < -0.4 is 11.1 Å². The van der Waals surface area contributed by atoms with Crippen molar-refractivity contribution in [3.63, 3.8) is 0 Å². The summed E-state index contributed by atoms with van der Waals surface area (Å²) in [5.41, 5.74) is 3.08. The number of ketones is 1. The number of nitrogens with one attached hydrogen (secondary N) is 1. The Bertz CT molecular complexity index is 2470. The molecule has 3 aromatic carbocycles. The molecule has 2 heterocycles. The molecule has 9 rings (SSSR count). The Kier molecular flexibility index (Phi) is 8.93. The fourth-order valence-electron chi connectivity index (χ4n) is 10.4. The van der Waals surface area contributed by atoms with Gasteiger partial charge < -0.3 is 0 Å². The first-order valence-electron chi connectivity index (χ1n) is 18.6. The summed E-state index contributed by atoms with van der Waals surface area (Å²) in [7, 11) is 0. The smallest absolute Gasteiger partial charge is 0.275 e. The lowest BCUT2D eigenvalue weighted by Crippen LogP contribution is -2.36. The molecule has 4 aliphatic carbocycles. The third-order valence-electron chi connectivity index (χ3n) is 14.3. The first-order chi connectivity index (χ1) is 25.4. The van der Waals surface area contributed by atoms with E-state index in [0.717, 1.165) is 72.5 Å². The van der Waals surface area contributed by atoms with Gasteiger partial charge in [0.2, 0.25) is 0 Å². The van der Waals surface area contributed by atoms with Gasteiger partial charge in [0.25, 0.3) is 11.1 Å². The van der Waals surface area contributed by atoms with Crippen molar-refractivity contribution in [2.45, 2.75) is 110 Å². The minimum Gasteiger partial charge on any atom is -0.294 e. The van der Waals surface area contributed by atoms with Crippen LogP contribution in [0.15, 0.2) is 76.3 Å². The lowest BCUT2D eigenvalue weighted by atomic mass is 9.70. The highest BCUT2D eigenvalue weighted by Gasteiger charge is 2.63. The molecule has 0 radical (unpaired) electrons. The number of aromatic nitrogens is 4. The van der Waals surface area contributed by atoms with Crippen LogP contribution in [0.3, 0.4) is 0 Å². The van der Waals surface area contributed by atoms with Gasteiger partial charge in [-0.1, -0.05) is 79.3 Å². The number of halogens is 4. The van der Waals surface area contributed by atoms with Crippen LogP contribution >= 0.6 is 0 Å². The molecule has 2 saturated carbocycles. The molecule has 7 nitrogen and oxygen atoms in total. The number of H-pyrrole nitrogens is 1. The molecule has 0 saturated heterocycles. The number of aromatic amines is 1. The Hall–Kier alpha value is -4.93. The van der Waals surface area contributed by atoms with Crippen molar-refractivity contribution in [2.24, 2.45) is 10.8 Å². The molecule has 4 aliphatic rings. The highest BCUT2D eigenvalue weighted by Crippen LogP contribution is 2.68. The van der Waals surface area contributed by atoms with Crippen LogP contribution in [0.1, 0.15) is 126 Å². The number of benzene rings is 3. The predicted octanol–water partition coefficient (Wildman–Crippen LogP) is 9.62. The van der Waals surface area contributed by atoms with Gasteiger partial charge in [-0.05, 0) is 72.6 Å². The average molecular weight is 757 g/mol. The summed E-state index contributed by atoms with van der Waals surface area (Å²) in [6.07, 6.45) is 4.01. The summed E-state index contributed by atoms with van der Waals surface area (Å²) in [6, 6.07) is 15.5. The van der Waals surface area contributed by atoms with E-state index in [1.165, 1.54) is 21.5 Å². The van der Waals surface area contributed by atoms with Crippen LogP contribution in [0.2, 0.25) is 0 Å². The van der Waals surface area contributed by atoms with Crippen molar-refractivity contribution in [1.29, 1.82) is 0 Å². The van der Waals surface area contributed by atoms with E-state index < -0.39 is 23.3 Å². The standard InChI is InChI=1S/C26H26F2N2O2.C17H18F2N2O.CH4/c1-25(2)18-11-13-26(25,3)23-22(18)24(32)30(20-10-9-17(27)15-19(20)28)29(23)14-12-21(31)16-7-5-4-6-8-16;1-16(2)10-6-7-17(16,3)14-13(10)15(22)21(20-14)12-5-4-9(18)8-11(12)19;/h4-10,15,18H,11-14H2,1-3H3;4-5,8,10,20H,6-7H2,1-3H3;1H4/t18-,26+;10-,17+;/m11./s1. The van der Waals surface area contributed by atoms with E-state index in [-0.39, 0.29) is 82.2 Å². The van der Waals surface area contributed by atoms with E-state index in [1.807, 2.05) is 18.2 Å². The lowest BCUT2D eigenvalue weighted by molar-refractivity contribution is 0.0973. The van der Waals surface area contributed by atoms with Gasteiger partial charge in [0, 0.05) is 58.3 Å². The normalized spacial score (nSPS) is 24.5. The topological polar surface area (TPSA) is 81.8 Å². The monoisotopic (exact) mass is 756 g/mol. The first kappa shape index (κ1) is 38.3. The van der Waals surface area contributed by atoms with E-state index >= 15 is 0 Å². The van der Waals surface area contributed by atoms with E-state index in [0.29, 0.717) is 5.56 Å². The van der Waals surface area contributed by atoms with Crippen LogP contribution in [-0.2, 0) is 17.4 Å². The fourth-order valence-corrected chi connectivity index (χ4v) is 10.4. The zero-order valence-corrected chi connectivity index (χ0v) is 31.3. The summed E-state index contributed by atoms with van der Waals surface area (Å²) in [5, 5.41) is 3.11. The van der Waals surface area contributed by atoms with E-state index in [1.54, 1.807) is 16.8 Å². The molecule has 2 aromatic heterocycles. The van der Waals surface area contributed by atoms with Crippen molar-refractivity contribution >= 4 is 5.78 Å². The quantitative estimate of drug-likeness (QED) is 0.138. The third kappa shape index (κ3) is 5.24. The molecule has 0 amide bonds. The summed E-state index contributed by atoms with van der Waals surface area (Å²) < 4.78 is 59.8. The van der Waals surface area contributed by atoms with Gasteiger partial charge in [-0.2, -0.15) is 0 Å². The number of hydrogen-bond acceptors (Lipinski definition) is 3. The molecular weight excluding hydrogens is 709 g/mol. The minimum absolute atomic E-state index is 0. The number of carbonyl (C=O) groups excluding carboxylic acids is 1. The maximum Gasteiger partial charge on any atom is 0.275 e. The highest BCUT2D eigenvalue weighted by atomic mass is 19.1. The number of nitrogens with zero attached hydrogens (tertiary/aromatic N) is 3. The number of fused-ring (bicyclic) bond motifs is 10. The Morgan fingerprint density at radius 1 is 0.727 bits per heavy atom. The van der Waals surface area contributed by atoms with Crippen molar-refractivity contribution in [1.82, 2.24) is 19.1 Å². The predicted molar refractivity (Wildman–Crippen MR) is 205 cm³/mol. The molecule has 1 N–H and O–H groups in total. The van der Waals surface area contributed by atoms with E-state index in [9.17, 15) is 31.9 Å². The molecule has 11 heteroatoms. The molecule has 55 heavy (non-hydrogen) atoms. The third-order valence-corrected chi connectivity index (χ3v) is 14.3. The minimum atomic E-state index is -0.796. The van der Waals surface area contributed by atoms with Crippen molar-refractivity contribution in [3.8, 4) is 11.4 Å². The van der Waals surface area contributed by atoms with Crippen LogP contribution in [0, 0.1) is 34.1 Å². The first-order valence-corrected chi connectivity index (χ1v) is 18.6. The van der Waals surface area contributed by atoms with E-state index in [4.69, 9.17) is 0 Å². The summed E-state index contributed by atoms with van der Waals surface area (Å²) in [6.45, 7) is 13.3. The number of carbonyl (C=O) groups is 1. The van der Waals surface area contributed by atoms with Gasteiger partial charge in [-0.15, -0.1) is 0 Å². The zero-order valence-electron chi connectivity index (χ0n) is 31.3. The van der Waals surface area contributed by atoms with Gasteiger partial charge in [0.15, 0.2) is 17.4 Å². The van der Waals surface area contributed by atoms with Gasteiger partial charge in [0.05, 0.1) is 5.69 Å². The average Bonchev–Trinajstić information content (AvgIpc) is 3.84. The zero-order chi connectivity index (χ0) is 38.7. The number of Topliss-reactive ketones (excluding diaryl/α,β-unsaturated/α-hetero) is 1. The SMILES string of the molecule is C.CC1(C)[C@@H]2CC[C@@]1(C)c1[nH]n(-c3ccc(F)cc3F)c(=O)c12.CC1(C)[C@@H]2CC[C@@]1(C)c1c2c(=O)n(-c2ccc(F)cc2F)n1CCC(=O)c1ccccc1. The summed E-state index contributed by atoms with van der Waals surface area (Å²) >= 11 is 0. The molecule has 4 atom stereocenters. The Morgan fingerprint density at radius 2 is 1.27 bits per heavy atom. The Labute approximate surface area is 318 Å². The molecule has 4 bridgehead atoms. The molecule has 0 spiro atoms. The largest absolute Gasteiger partial charge is 0.294 e. The second kappa shape index (κ2) is 12.8. The van der Waals surface area contributed by atoms with Gasteiger partial charge in [-0.25, -0.2) is 26.9 Å². The molecule has 0 unspecified atom stereocenters. The van der Waals surface area contributed by atoms with E-state index in [2.05, 4.69) is 46.6 Å². The summed E-state index contributed by atoms with van der Waals surface area (Å²) in [4.78, 5) is 39.3. The maximum atomic E-state index is 14.8. The van der Waals surface area contributed by atoms with Crippen molar-refractivity contribution < 1.29 is 22.4 Å². The van der Waals surface area contributed by atoms with Gasteiger partial charge in [-0.3, -0.25) is 24.2 Å². The molecule has 5 aromatic rings.